The molecule has 9 heteroatoms. The van der Waals surface area contributed by atoms with Gasteiger partial charge in [-0.3, -0.25) is 9.36 Å². The molecular weight excluding hydrogens is 816 g/mol. The van der Waals surface area contributed by atoms with E-state index < -0.39 is 26.6 Å². The number of phosphoric ester groups is 1. The van der Waals surface area contributed by atoms with E-state index in [-0.39, 0.29) is 12.5 Å². The van der Waals surface area contributed by atoms with Gasteiger partial charge in [-0.15, -0.1) is 0 Å². The lowest BCUT2D eigenvalue weighted by atomic mass is 10.1. The van der Waals surface area contributed by atoms with Crippen molar-refractivity contribution in [1.82, 2.24) is 5.32 Å². The predicted molar refractivity (Wildman–Crippen MR) is 274 cm³/mol. The standard InChI is InChI=1S/C55H91N2O6P/c1-6-8-10-12-14-16-17-18-19-20-21-22-23-24-25-26-27-28-29-30-31-32-33-34-35-36-37-38-39-41-43-45-47-49-55(59)56-53(52-63-64(60,61)62-51-50-57(3,4)5)54(58)48-46-44-42-40-15-13-11-9-7-2/h7-10,14-16,18-19,21-22,24-25,27-28,30-31,33-34,40,46,48,53-54,58H,6,11-13,17,20,23,26,29,32,35-39,41-45,47,49-52H2,1-5H3,(H-,56,59,60,61)/b9-7+,10-8-,16-14-,19-18-,22-21-,25-24-,28-27-,31-30-,34-33-,40-15+,48-46+. The molecule has 0 spiro atoms. The highest BCUT2D eigenvalue weighted by molar-refractivity contribution is 7.45. The van der Waals surface area contributed by atoms with E-state index in [1.165, 1.54) is 25.7 Å². The minimum Gasteiger partial charge on any atom is -0.756 e. The zero-order valence-electron chi connectivity index (χ0n) is 40.9. The maximum absolute atomic E-state index is 12.8. The number of hydrogen-bond donors (Lipinski definition) is 2. The quantitative estimate of drug-likeness (QED) is 0.0273. The van der Waals surface area contributed by atoms with Crippen molar-refractivity contribution in [3.05, 3.63) is 134 Å². The number of nitrogens with one attached hydrogen (secondary N) is 1. The second kappa shape index (κ2) is 44.8. The third-order valence-electron chi connectivity index (χ3n) is 9.92. The molecule has 0 radical (unpaired) electrons. The summed E-state index contributed by atoms with van der Waals surface area (Å²) in [5.74, 6) is -0.231. The van der Waals surface area contributed by atoms with E-state index in [4.69, 9.17) is 9.05 Å². The van der Waals surface area contributed by atoms with Crippen LogP contribution in [0.25, 0.3) is 0 Å². The molecule has 0 aliphatic rings. The Morgan fingerprint density at radius 3 is 1.45 bits per heavy atom. The third-order valence-corrected chi connectivity index (χ3v) is 10.9. The molecule has 0 bridgehead atoms. The van der Waals surface area contributed by atoms with Crippen LogP contribution in [0.1, 0.15) is 155 Å². The molecule has 3 unspecified atom stereocenters. The molecule has 0 fully saturated rings. The summed E-state index contributed by atoms with van der Waals surface area (Å²) in [5.41, 5.74) is 0. The molecule has 2 N–H and O–H groups in total. The molecule has 1 amide bonds. The van der Waals surface area contributed by atoms with Gasteiger partial charge in [-0.05, 0) is 103 Å². The highest BCUT2D eigenvalue weighted by atomic mass is 31.2. The van der Waals surface area contributed by atoms with Crippen LogP contribution in [-0.2, 0) is 18.4 Å². The second-order valence-corrected chi connectivity index (χ2v) is 18.5. The van der Waals surface area contributed by atoms with Crippen molar-refractivity contribution in [2.24, 2.45) is 0 Å². The summed E-state index contributed by atoms with van der Waals surface area (Å²) in [6.45, 7) is 4.22. The minimum atomic E-state index is -4.61. The van der Waals surface area contributed by atoms with Crippen LogP contribution in [0.3, 0.4) is 0 Å². The molecule has 0 aromatic heterocycles. The van der Waals surface area contributed by atoms with Crippen LogP contribution >= 0.6 is 7.82 Å². The van der Waals surface area contributed by atoms with E-state index in [0.29, 0.717) is 17.4 Å². The molecule has 0 aliphatic carbocycles. The number of aliphatic hydroxyl groups excluding tert-OH is 1. The molecule has 0 aliphatic heterocycles. The van der Waals surface area contributed by atoms with E-state index >= 15 is 0 Å². The van der Waals surface area contributed by atoms with Crippen LogP contribution in [0.2, 0.25) is 0 Å². The molecule has 0 heterocycles. The molecular formula is C55H91N2O6P. The molecule has 0 saturated heterocycles. The summed E-state index contributed by atoms with van der Waals surface area (Å²) < 4.78 is 23.1. The largest absolute Gasteiger partial charge is 0.756 e. The van der Waals surface area contributed by atoms with Crippen LogP contribution in [0.15, 0.2) is 134 Å². The van der Waals surface area contributed by atoms with Crippen molar-refractivity contribution in [1.29, 1.82) is 0 Å². The number of allylic oxidation sites excluding steroid dienone is 21. The molecule has 0 aromatic rings. The summed E-state index contributed by atoms with van der Waals surface area (Å²) in [7, 11) is 1.20. The second-order valence-electron chi connectivity index (χ2n) is 17.1. The van der Waals surface area contributed by atoms with E-state index in [2.05, 4.69) is 128 Å². The molecule has 64 heavy (non-hydrogen) atoms. The van der Waals surface area contributed by atoms with Crippen LogP contribution in [0.4, 0.5) is 0 Å². The van der Waals surface area contributed by atoms with Gasteiger partial charge in [-0.2, -0.15) is 0 Å². The number of hydrogen-bond acceptors (Lipinski definition) is 6. The Bertz CT molecular complexity index is 1490. The van der Waals surface area contributed by atoms with Crippen molar-refractivity contribution in [3.63, 3.8) is 0 Å². The van der Waals surface area contributed by atoms with Gasteiger partial charge in [0, 0.05) is 6.42 Å². The first-order chi connectivity index (χ1) is 31.0. The zero-order valence-corrected chi connectivity index (χ0v) is 41.8. The average molecular weight is 907 g/mol. The summed E-state index contributed by atoms with van der Waals surface area (Å²) >= 11 is 0. The Morgan fingerprint density at radius 1 is 0.578 bits per heavy atom. The van der Waals surface area contributed by atoms with Crippen molar-refractivity contribution in [3.8, 4) is 0 Å². The number of nitrogens with zero attached hydrogens (tertiary/aromatic N) is 1. The van der Waals surface area contributed by atoms with Gasteiger partial charge in [0.2, 0.25) is 5.91 Å². The zero-order chi connectivity index (χ0) is 47.1. The molecule has 8 nitrogen and oxygen atoms in total. The van der Waals surface area contributed by atoms with Gasteiger partial charge in [0.1, 0.15) is 13.2 Å². The Kier molecular flexibility index (Phi) is 42.5. The van der Waals surface area contributed by atoms with Gasteiger partial charge in [0.25, 0.3) is 7.82 Å². The van der Waals surface area contributed by atoms with Gasteiger partial charge < -0.3 is 28.8 Å². The Hall–Kier alpha value is -3.36. The lowest BCUT2D eigenvalue weighted by molar-refractivity contribution is -0.870. The average Bonchev–Trinajstić information content (AvgIpc) is 3.25. The van der Waals surface area contributed by atoms with Crippen LogP contribution in [-0.4, -0.2) is 68.5 Å². The van der Waals surface area contributed by atoms with Crippen molar-refractivity contribution in [2.75, 3.05) is 40.9 Å². The van der Waals surface area contributed by atoms with Crippen LogP contribution in [0.5, 0.6) is 0 Å². The highest BCUT2D eigenvalue weighted by Crippen LogP contribution is 2.38. The predicted octanol–water partition coefficient (Wildman–Crippen LogP) is 13.8. The summed E-state index contributed by atoms with van der Waals surface area (Å²) in [6.07, 6.45) is 68.3. The maximum atomic E-state index is 12.8. The van der Waals surface area contributed by atoms with E-state index in [9.17, 15) is 19.4 Å². The third kappa shape index (κ3) is 46.6. The minimum absolute atomic E-state index is 0.0188. The van der Waals surface area contributed by atoms with Crippen molar-refractivity contribution in [2.45, 2.75) is 167 Å². The molecule has 0 aromatic carbocycles. The fraction of sp³-hybridized carbons (Fsp3) is 0.582. The number of quaternary nitrogens is 1. The van der Waals surface area contributed by atoms with Gasteiger partial charge in [0.15, 0.2) is 0 Å². The SMILES string of the molecule is C/C=C/CC/C=C/CC/C=C/C(O)C(COP(=O)([O-])OCC[N+](C)(C)C)NC(=O)CCCCCCCCCC/C=C\C/C=C\C/C=C\C/C=C\C/C=C\C/C=C\C/C=C\C/C=C\CC. The van der Waals surface area contributed by atoms with E-state index in [1.807, 2.05) is 40.2 Å². The normalized spacial score (nSPS) is 15.3. The molecule has 0 rings (SSSR count). The fourth-order valence-corrected chi connectivity index (χ4v) is 6.81. The topological polar surface area (TPSA) is 108 Å². The van der Waals surface area contributed by atoms with Crippen LogP contribution < -0.4 is 10.2 Å². The summed E-state index contributed by atoms with van der Waals surface area (Å²) in [6, 6.07) is -0.922. The number of phosphoric acid groups is 1. The lowest BCUT2D eigenvalue weighted by Crippen LogP contribution is -2.45. The maximum Gasteiger partial charge on any atom is 0.268 e. The van der Waals surface area contributed by atoms with Gasteiger partial charge in [-0.25, -0.2) is 0 Å². The van der Waals surface area contributed by atoms with Gasteiger partial charge in [-0.1, -0.05) is 179 Å². The first-order valence-electron chi connectivity index (χ1n) is 24.5. The Morgan fingerprint density at radius 2 is 0.984 bits per heavy atom. The number of carbonyl (C=O) groups excluding carboxylic acids is 1. The number of amides is 1. The fourth-order valence-electron chi connectivity index (χ4n) is 6.09. The number of carbonyl (C=O) groups is 1. The summed E-state index contributed by atoms with van der Waals surface area (Å²) in [4.78, 5) is 25.3. The molecule has 362 valence electrons. The first kappa shape index (κ1) is 60.6. The Labute approximate surface area is 392 Å². The lowest BCUT2D eigenvalue weighted by Gasteiger charge is -2.29. The number of unbranched alkanes of at least 4 members (excludes halogenated alkanes) is 10. The van der Waals surface area contributed by atoms with Crippen molar-refractivity contribution < 1.29 is 32.9 Å². The highest BCUT2D eigenvalue weighted by Gasteiger charge is 2.23. The smallest absolute Gasteiger partial charge is 0.268 e. The van der Waals surface area contributed by atoms with Crippen LogP contribution in [0, 0.1) is 0 Å². The Balaban J connectivity index is 4.17. The number of aliphatic hydroxyl groups is 1. The molecule has 0 saturated carbocycles. The monoisotopic (exact) mass is 907 g/mol. The number of rotatable bonds is 42. The van der Waals surface area contributed by atoms with Crippen molar-refractivity contribution >= 4 is 13.7 Å². The van der Waals surface area contributed by atoms with E-state index in [1.54, 1.807) is 6.08 Å². The van der Waals surface area contributed by atoms with Gasteiger partial charge >= 0.3 is 0 Å². The van der Waals surface area contributed by atoms with Gasteiger partial charge in [0.05, 0.1) is 39.9 Å². The molecule has 3 atom stereocenters. The first-order valence-corrected chi connectivity index (χ1v) is 26.0. The van der Waals surface area contributed by atoms with E-state index in [0.717, 1.165) is 109 Å². The number of likely N-dealkylation sites (N-methyl/N-ethyl adjacent to an activating group) is 1. The summed E-state index contributed by atoms with van der Waals surface area (Å²) in [5, 5.41) is 13.7.